The van der Waals surface area contributed by atoms with Gasteiger partial charge in [0.15, 0.2) is 0 Å². The van der Waals surface area contributed by atoms with Gasteiger partial charge in [0, 0.05) is 18.0 Å². The van der Waals surface area contributed by atoms with E-state index in [9.17, 15) is 4.79 Å². The minimum Gasteiger partial charge on any atom is -0.300 e. The van der Waals surface area contributed by atoms with E-state index in [-0.39, 0.29) is 0 Å². The van der Waals surface area contributed by atoms with Crippen LogP contribution in [0.1, 0.15) is 72.1 Å². The van der Waals surface area contributed by atoms with Gasteiger partial charge in [0.1, 0.15) is 5.78 Å². The van der Waals surface area contributed by atoms with Gasteiger partial charge in [0.05, 0.1) is 0 Å². The molecule has 0 unspecified atom stereocenters. The van der Waals surface area contributed by atoms with Crippen LogP contribution in [0.25, 0.3) is 0 Å². The lowest BCUT2D eigenvalue weighted by atomic mass is 9.49. The first kappa shape index (κ1) is 18.0. The third kappa shape index (κ3) is 3.56. The first-order valence-electron chi connectivity index (χ1n) is 10.9. The van der Waals surface area contributed by atoms with Crippen LogP contribution in [0.4, 0.5) is 0 Å². The number of ketones is 1. The van der Waals surface area contributed by atoms with E-state index < -0.39 is 0 Å². The Hall–Kier alpha value is -0.410. The van der Waals surface area contributed by atoms with E-state index in [1.165, 1.54) is 77.5 Å². The predicted octanol–water partition coefficient (Wildman–Crippen LogP) is 3.97. The molecule has 2 heterocycles. The summed E-state index contributed by atoms with van der Waals surface area (Å²) in [5.74, 6) is 2.66. The van der Waals surface area contributed by atoms with Gasteiger partial charge in [-0.3, -0.25) is 4.79 Å². The van der Waals surface area contributed by atoms with Crippen molar-refractivity contribution in [2.45, 2.75) is 84.2 Å². The molecule has 2 aliphatic heterocycles. The monoisotopic (exact) mass is 346 g/mol. The third-order valence-electron chi connectivity index (χ3n) is 8.32. The summed E-state index contributed by atoms with van der Waals surface area (Å²) in [7, 11) is 0. The third-order valence-corrected chi connectivity index (χ3v) is 8.32. The largest absolute Gasteiger partial charge is 0.300 e. The molecule has 0 amide bonds. The lowest BCUT2D eigenvalue weighted by Gasteiger charge is -2.60. The minimum atomic E-state index is 0.403. The van der Waals surface area contributed by atoms with Crippen LogP contribution < -0.4 is 0 Å². The van der Waals surface area contributed by atoms with Gasteiger partial charge in [-0.15, -0.1) is 0 Å². The van der Waals surface area contributed by atoms with Gasteiger partial charge in [-0.2, -0.15) is 0 Å². The topological polar surface area (TPSA) is 23.6 Å². The van der Waals surface area contributed by atoms with Crippen LogP contribution in [-0.2, 0) is 4.79 Å². The van der Waals surface area contributed by atoms with E-state index in [2.05, 4.69) is 23.6 Å². The Kier molecular flexibility index (Phi) is 5.00. The van der Waals surface area contributed by atoms with Gasteiger partial charge in [-0.1, -0.05) is 13.8 Å². The number of piperidine rings is 2. The zero-order valence-electron chi connectivity index (χ0n) is 16.7. The Bertz CT molecular complexity index is 472. The molecule has 0 bridgehead atoms. The summed E-state index contributed by atoms with van der Waals surface area (Å²) in [5.41, 5.74) is 0.580. The van der Waals surface area contributed by atoms with Crippen molar-refractivity contribution in [2.75, 3.05) is 26.2 Å². The van der Waals surface area contributed by atoms with Crippen LogP contribution in [-0.4, -0.2) is 53.8 Å². The molecule has 0 radical (unpaired) electrons. The standard InChI is InChI=1S/C22H38N2O/c1-16(2)18-4-8-23(9-5-18)20-6-10-24(11-7-20)21-14-22(15-21)12-19(13-22)17(3)25/h16,18-21H,4-15H2,1-3H3. The molecule has 3 heteroatoms. The Morgan fingerprint density at radius 3 is 1.88 bits per heavy atom. The molecule has 4 aliphatic rings. The SMILES string of the molecule is CC(=O)C1CC2(C1)CC(N1CCC(N3CCC(C(C)C)CC3)CC1)C2. The Balaban J connectivity index is 1.17. The van der Waals surface area contributed by atoms with E-state index in [1.54, 1.807) is 6.92 Å². The van der Waals surface area contributed by atoms with Gasteiger partial charge < -0.3 is 9.80 Å². The number of carbonyl (C=O) groups excluding carboxylic acids is 1. The quantitative estimate of drug-likeness (QED) is 0.769. The summed E-state index contributed by atoms with van der Waals surface area (Å²) in [6, 6.07) is 1.68. The van der Waals surface area contributed by atoms with Crippen molar-refractivity contribution >= 4 is 5.78 Å². The molecular formula is C22H38N2O. The summed E-state index contributed by atoms with van der Waals surface area (Å²) in [5, 5.41) is 0. The zero-order chi connectivity index (χ0) is 17.6. The summed E-state index contributed by atoms with van der Waals surface area (Å²) >= 11 is 0. The van der Waals surface area contributed by atoms with Crippen molar-refractivity contribution in [3.8, 4) is 0 Å². The van der Waals surface area contributed by atoms with Gasteiger partial charge >= 0.3 is 0 Å². The molecule has 0 aromatic rings. The van der Waals surface area contributed by atoms with E-state index in [0.29, 0.717) is 17.1 Å². The second-order valence-corrected chi connectivity index (χ2v) is 10.2. The van der Waals surface area contributed by atoms with Crippen LogP contribution in [0.5, 0.6) is 0 Å². The lowest BCUT2D eigenvalue weighted by molar-refractivity contribution is -0.140. The highest BCUT2D eigenvalue weighted by Gasteiger charge is 2.55. The number of nitrogens with zero attached hydrogens (tertiary/aromatic N) is 2. The highest BCUT2D eigenvalue weighted by molar-refractivity contribution is 5.79. The number of carbonyl (C=O) groups is 1. The maximum absolute atomic E-state index is 11.5. The number of hydrogen-bond acceptors (Lipinski definition) is 3. The number of Topliss-reactive ketones (excluding diaryl/α,β-unsaturated/α-hetero) is 1. The molecule has 4 rings (SSSR count). The summed E-state index contributed by atoms with van der Waals surface area (Å²) in [4.78, 5) is 17.1. The Morgan fingerprint density at radius 2 is 1.36 bits per heavy atom. The maximum Gasteiger partial charge on any atom is 0.132 e. The molecule has 0 N–H and O–H groups in total. The van der Waals surface area contributed by atoms with Crippen molar-refractivity contribution in [1.82, 2.24) is 9.80 Å². The van der Waals surface area contributed by atoms with Gasteiger partial charge in [-0.25, -0.2) is 0 Å². The fourth-order valence-electron chi connectivity index (χ4n) is 6.37. The van der Waals surface area contributed by atoms with E-state index >= 15 is 0 Å². The van der Waals surface area contributed by atoms with E-state index in [1.807, 2.05) is 0 Å². The highest BCUT2D eigenvalue weighted by Crippen LogP contribution is 2.60. The fraction of sp³-hybridized carbons (Fsp3) is 0.955. The molecule has 2 aliphatic carbocycles. The molecule has 0 aromatic heterocycles. The second kappa shape index (κ2) is 6.96. The maximum atomic E-state index is 11.5. The summed E-state index contributed by atoms with van der Waals surface area (Å²) < 4.78 is 0. The molecule has 4 fully saturated rings. The number of hydrogen-bond donors (Lipinski definition) is 0. The molecule has 2 saturated carbocycles. The zero-order valence-corrected chi connectivity index (χ0v) is 16.7. The van der Waals surface area contributed by atoms with Crippen molar-refractivity contribution in [1.29, 1.82) is 0 Å². The molecule has 142 valence electrons. The Labute approximate surface area is 154 Å². The minimum absolute atomic E-state index is 0.403. The molecule has 2 saturated heterocycles. The van der Waals surface area contributed by atoms with Crippen LogP contribution in [0, 0.1) is 23.2 Å². The molecule has 0 aromatic carbocycles. The van der Waals surface area contributed by atoms with Crippen LogP contribution in [0.3, 0.4) is 0 Å². The first-order chi connectivity index (χ1) is 12.0. The summed E-state index contributed by atoms with van der Waals surface area (Å²) in [6.45, 7) is 11.9. The predicted molar refractivity (Wildman–Crippen MR) is 103 cm³/mol. The molecule has 1 spiro atoms. The van der Waals surface area contributed by atoms with Gasteiger partial charge in [0.2, 0.25) is 0 Å². The van der Waals surface area contributed by atoms with Crippen molar-refractivity contribution in [3.05, 3.63) is 0 Å². The van der Waals surface area contributed by atoms with Crippen LogP contribution in [0.15, 0.2) is 0 Å². The molecule has 0 atom stereocenters. The van der Waals surface area contributed by atoms with E-state index in [0.717, 1.165) is 23.9 Å². The molecular weight excluding hydrogens is 308 g/mol. The average Bonchev–Trinajstić information content (AvgIpc) is 2.52. The smallest absolute Gasteiger partial charge is 0.132 e. The molecule has 25 heavy (non-hydrogen) atoms. The highest BCUT2D eigenvalue weighted by atomic mass is 16.1. The second-order valence-electron chi connectivity index (χ2n) is 10.2. The first-order valence-corrected chi connectivity index (χ1v) is 10.9. The van der Waals surface area contributed by atoms with Crippen LogP contribution >= 0.6 is 0 Å². The van der Waals surface area contributed by atoms with E-state index in [4.69, 9.17) is 0 Å². The summed E-state index contributed by atoms with van der Waals surface area (Å²) in [6.07, 6.45) is 10.7. The van der Waals surface area contributed by atoms with Gasteiger partial charge in [-0.05, 0) is 102 Å². The lowest BCUT2D eigenvalue weighted by Crippen LogP contribution is -2.59. The van der Waals surface area contributed by atoms with Crippen molar-refractivity contribution in [2.24, 2.45) is 23.2 Å². The van der Waals surface area contributed by atoms with Crippen LogP contribution in [0.2, 0.25) is 0 Å². The number of likely N-dealkylation sites (tertiary alicyclic amines) is 2. The molecule has 3 nitrogen and oxygen atoms in total. The Morgan fingerprint density at radius 1 is 0.840 bits per heavy atom. The van der Waals surface area contributed by atoms with Crippen molar-refractivity contribution in [3.63, 3.8) is 0 Å². The number of rotatable bonds is 4. The average molecular weight is 347 g/mol. The van der Waals surface area contributed by atoms with Crippen molar-refractivity contribution < 1.29 is 4.79 Å². The normalized spacial score (nSPS) is 38.7. The van der Waals surface area contributed by atoms with Gasteiger partial charge in [0.25, 0.3) is 0 Å². The fourth-order valence-corrected chi connectivity index (χ4v) is 6.37.